The predicted molar refractivity (Wildman–Crippen MR) is 66.8 cm³/mol. The molecule has 0 radical (unpaired) electrons. The van der Waals surface area contributed by atoms with Crippen LogP contribution in [0.5, 0.6) is 0 Å². The van der Waals surface area contributed by atoms with Gasteiger partial charge in [-0.3, -0.25) is 14.6 Å². The van der Waals surface area contributed by atoms with E-state index >= 15 is 0 Å². The first-order valence-corrected chi connectivity index (χ1v) is 6.48. The molecule has 1 unspecified atom stereocenters. The number of carbonyl (C=O) groups is 2. The number of fused-ring (bicyclic) bond motifs is 1. The van der Waals surface area contributed by atoms with Gasteiger partial charge in [0.2, 0.25) is 0 Å². The highest BCUT2D eigenvalue weighted by atomic mass is 79.9. The molecule has 0 aromatic rings. The Morgan fingerprint density at radius 1 is 1.41 bits per heavy atom. The Hall–Kier alpha value is -1.24. The molecule has 0 aromatic carbocycles. The van der Waals surface area contributed by atoms with Gasteiger partial charge in [0.1, 0.15) is 0 Å². The van der Waals surface area contributed by atoms with Crippen molar-refractivity contribution in [2.24, 2.45) is 4.99 Å². The third-order valence-electron chi connectivity index (χ3n) is 2.95. The van der Waals surface area contributed by atoms with Crippen molar-refractivity contribution in [3.05, 3.63) is 0 Å². The molecule has 0 N–H and O–H groups in total. The van der Waals surface area contributed by atoms with Crippen LogP contribution in [0.2, 0.25) is 0 Å². The number of alkyl halides is 1. The molecule has 6 nitrogen and oxygen atoms in total. The van der Waals surface area contributed by atoms with Gasteiger partial charge in [0.05, 0.1) is 6.54 Å². The minimum Gasteiger partial charge on any atom is -0.269 e. The predicted octanol–water partition coefficient (Wildman–Crippen LogP) is 0.117. The molecule has 0 spiro atoms. The van der Waals surface area contributed by atoms with E-state index in [1.165, 1.54) is 11.9 Å². The summed E-state index contributed by atoms with van der Waals surface area (Å²) in [6.07, 6.45) is 2.56. The normalized spacial score (nSPS) is 23.8. The van der Waals surface area contributed by atoms with Gasteiger partial charge in [0, 0.05) is 19.4 Å². The molecule has 0 bridgehead atoms. The number of aliphatic imine (C=N–C) groups is 1. The largest absolute Gasteiger partial charge is 0.333 e. The van der Waals surface area contributed by atoms with E-state index in [1.54, 1.807) is 13.4 Å². The average molecular weight is 302 g/mol. The second kappa shape index (κ2) is 4.56. The minimum atomic E-state index is -0.443. The highest BCUT2D eigenvalue weighted by Crippen LogP contribution is 2.16. The summed E-state index contributed by atoms with van der Waals surface area (Å²) in [5.74, 6) is 0.308. The molecular weight excluding hydrogens is 288 g/mol. The number of amides is 3. The number of rotatable bonds is 3. The van der Waals surface area contributed by atoms with Crippen LogP contribution in [0.3, 0.4) is 0 Å². The molecule has 2 rings (SSSR count). The third kappa shape index (κ3) is 1.88. The fourth-order valence-electron chi connectivity index (χ4n) is 1.97. The number of halogens is 1. The quantitative estimate of drug-likeness (QED) is 0.549. The van der Waals surface area contributed by atoms with Crippen LogP contribution in [-0.2, 0) is 4.79 Å². The standard InChI is InChI=1S/C10H14BrN4O2/c1-13-8-7(9(16)14(2)10(13)17)15(6-12-8)5-3-4-11/h6-7H,3-5H2,1-2H3/q+1. The van der Waals surface area contributed by atoms with Crippen LogP contribution >= 0.6 is 15.9 Å². The van der Waals surface area contributed by atoms with Crippen molar-refractivity contribution < 1.29 is 14.2 Å². The summed E-state index contributed by atoms with van der Waals surface area (Å²) in [4.78, 5) is 30.5. The maximum atomic E-state index is 12.1. The zero-order chi connectivity index (χ0) is 12.6. The van der Waals surface area contributed by atoms with Gasteiger partial charge in [0.25, 0.3) is 24.1 Å². The van der Waals surface area contributed by atoms with E-state index in [2.05, 4.69) is 20.9 Å². The van der Waals surface area contributed by atoms with Crippen LogP contribution in [0, 0.1) is 0 Å². The lowest BCUT2D eigenvalue weighted by molar-refractivity contribution is -0.530. The van der Waals surface area contributed by atoms with Crippen LogP contribution in [0.25, 0.3) is 0 Å². The summed E-state index contributed by atoms with van der Waals surface area (Å²) in [6, 6.07) is -0.775. The number of imide groups is 1. The summed E-state index contributed by atoms with van der Waals surface area (Å²) in [7, 11) is 3.14. The van der Waals surface area contributed by atoms with Crippen LogP contribution < -0.4 is 0 Å². The number of likely N-dealkylation sites (N-methyl/N-ethyl adjacent to an activating group) is 2. The van der Waals surface area contributed by atoms with E-state index in [9.17, 15) is 9.59 Å². The zero-order valence-corrected chi connectivity index (χ0v) is 11.3. The van der Waals surface area contributed by atoms with Crippen molar-refractivity contribution in [1.29, 1.82) is 0 Å². The summed E-state index contributed by atoms with van der Waals surface area (Å²) in [5.41, 5.74) is 0. The Balaban J connectivity index is 2.23. The molecule has 0 aromatic heterocycles. The summed E-state index contributed by atoms with van der Waals surface area (Å²) in [5, 5.41) is 0.873. The SMILES string of the molecule is CN1C(=O)C2C(=NC=[N+]2CCCBr)N(C)C1=O. The number of urea groups is 1. The molecule has 2 heterocycles. The topological polar surface area (TPSA) is 56.0 Å². The lowest BCUT2D eigenvalue weighted by Gasteiger charge is -2.30. The fourth-order valence-corrected chi connectivity index (χ4v) is 2.22. The van der Waals surface area contributed by atoms with E-state index in [-0.39, 0.29) is 11.9 Å². The average Bonchev–Trinajstić information content (AvgIpc) is 2.75. The monoisotopic (exact) mass is 301 g/mol. The Bertz CT molecular complexity index is 432. The third-order valence-corrected chi connectivity index (χ3v) is 3.51. The molecule has 1 atom stereocenters. The zero-order valence-electron chi connectivity index (χ0n) is 9.76. The second-order valence-electron chi connectivity index (χ2n) is 4.02. The van der Waals surface area contributed by atoms with E-state index in [0.29, 0.717) is 5.84 Å². The van der Waals surface area contributed by atoms with Crippen LogP contribution in [0.4, 0.5) is 4.79 Å². The van der Waals surface area contributed by atoms with Gasteiger partial charge in [-0.1, -0.05) is 15.9 Å². The van der Waals surface area contributed by atoms with E-state index in [0.717, 1.165) is 23.2 Å². The van der Waals surface area contributed by atoms with Gasteiger partial charge < -0.3 is 0 Å². The molecule has 1 fully saturated rings. The maximum Gasteiger partial charge on any atom is 0.333 e. The van der Waals surface area contributed by atoms with Crippen LogP contribution in [0.15, 0.2) is 4.99 Å². The molecule has 7 heteroatoms. The van der Waals surface area contributed by atoms with Gasteiger partial charge in [-0.05, 0) is 11.4 Å². The molecule has 2 aliphatic heterocycles. The smallest absolute Gasteiger partial charge is 0.269 e. The Kier molecular flexibility index (Phi) is 3.28. The van der Waals surface area contributed by atoms with Crippen LogP contribution in [-0.4, -0.2) is 70.5 Å². The molecule has 2 aliphatic rings. The number of hydrogen-bond donors (Lipinski definition) is 0. The Morgan fingerprint density at radius 3 is 2.76 bits per heavy atom. The molecule has 92 valence electrons. The van der Waals surface area contributed by atoms with Gasteiger partial charge in [-0.15, -0.1) is 0 Å². The Morgan fingerprint density at radius 2 is 2.12 bits per heavy atom. The number of nitrogens with zero attached hydrogens (tertiary/aromatic N) is 4. The van der Waals surface area contributed by atoms with Gasteiger partial charge in [-0.2, -0.15) is 0 Å². The molecule has 0 aliphatic carbocycles. The lowest BCUT2D eigenvalue weighted by atomic mass is 10.1. The highest BCUT2D eigenvalue weighted by Gasteiger charge is 2.50. The lowest BCUT2D eigenvalue weighted by Crippen LogP contribution is -2.61. The molecular formula is C10H14BrN4O2+. The van der Waals surface area contributed by atoms with Crippen LogP contribution in [0.1, 0.15) is 6.42 Å². The molecule has 1 saturated heterocycles. The number of carbonyl (C=O) groups excluding carboxylic acids is 2. The minimum absolute atomic E-state index is 0.213. The first-order chi connectivity index (χ1) is 8.07. The molecule has 17 heavy (non-hydrogen) atoms. The summed E-state index contributed by atoms with van der Waals surface area (Å²) in [6.45, 7) is 0.741. The Labute approximate surface area is 108 Å². The summed E-state index contributed by atoms with van der Waals surface area (Å²) < 4.78 is 1.87. The maximum absolute atomic E-state index is 12.1. The summed E-state index contributed by atoms with van der Waals surface area (Å²) >= 11 is 3.36. The van der Waals surface area contributed by atoms with Gasteiger partial charge in [0.15, 0.2) is 0 Å². The van der Waals surface area contributed by atoms with Crippen molar-refractivity contribution in [3.8, 4) is 0 Å². The first-order valence-electron chi connectivity index (χ1n) is 5.36. The fraction of sp³-hybridized carbons (Fsp3) is 0.600. The van der Waals surface area contributed by atoms with Gasteiger partial charge in [-0.25, -0.2) is 9.37 Å². The van der Waals surface area contributed by atoms with Crippen molar-refractivity contribution in [1.82, 2.24) is 9.80 Å². The van der Waals surface area contributed by atoms with E-state index in [1.807, 2.05) is 4.58 Å². The first kappa shape index (κ1) is 12.2. The van der Waals surface area contributed by atoms with Crippen molar-refractivity contribution >= 4 is 40.0 Å². The number of amidine groups is 1. The molecule has 3 amide bonds. The molecule has 0 saturated carbocycles. The van der Waals surface area contributed by atoms with Gasteiger partial charge >= 0.3 is 6.03 Å². The van der Waals surface area contributed by atoms with E-state index in [4.69, 9.17) is 0 Å². The van der Waals surface area contributed by atoms with Crippen molar-refractivity contribution in [2.45, 2.75) is 12.5 Å². The number of hydrogen-bond acceptors (Lipinski definition) is 3. The highest BCUT2D eigenvalue weighted by molar-refractivity contribution is 9.09. The van der Waals surface area contributed by atoms with Crippen molar-refractivity contribution in [2.75, 3.05) is 26.0 Å². The van der Waals surface area contributed by atoms with Crippen molar-refractivity contribution in [3.63, 3.8) is 0 Å². The van der Waals surface area contributed by atoms with E-state index < -0.39 is 6.04 Å². The second-order valence-corrected chi connectivity index (χ2v) is 4.82.